The van der Waals surface area contributed by atoms with Crippen LogP contribution in [0.3, 0.4) is 0 Å². The molecule has 1 atom stereocenters. The van der Waals surface area contributed by atoms with Crippen LogP contribution in [0, 0.1) is 0 Å². The van der Waals surface area contributed by atoms with Crippen molar-refractivity contribution in [1.82, 2.24) is 0 Å². The van der Waals surface area contributed by atoms with Crippen molar-refractivity contribution in [2.45, 2.75) is 48.7 Å². The van der Waals surface area contributed by atoms with Crippen LogP contribution >= 0.6 is 23.5 Å². The molecule has 0 spiro atoms. The molecule has 1 N–H and O–H groups in total. The smallest absolute Gasteiger partial charge is 0.303 e. The zero-order chi connectivity index (χ0) is 23.8. The monoisotopic (exact) mass is 394 g/mol. The second-order valence-corrected chi connectivity index (χ2v) is 7.68. The average Bonchev–Trinajstić information content (AvgIpc) is 2.72. The number of hydrogen-bond donors (Lipinski definition) is 1. The average molecular weight is 395 g/mol. The fourth-order valence-corrected chi connectivity index (χ4v) is 4.08. The number of carboxylic acids is 1. The predicted molar refractivity (Wildman–Crippen MR) is 115 cm³/mol. The first-order chi connectivity index (χ1) is 14.9. The van der Waals surface area contributed by atoms with Crippen molar-refractivity contribution in [2.75, 3.05) is 5.75 Å². The van der Waals surface area contributed by atoms with Crippen LogP contribution in [-0.2, 0) is 16.2 Å². The molecule has 26 heavy (non-hydrogen) atoms. The summed E-state index contributed by atoms with van der Waals surface area (Å²) in [6.45, 7) is 0. The van der Waals surface area contributed by atoms with Gasteiger partial charge in [-0.15, -0.1) is 0 Å². The van der Waals surface area contributed by atoms with E-state index in [4.69, 9.17) is 13.3 Å². The van der Waals surface area contributed by atoms with Crippen molar-refractivity contribution in [1.29, 1.82) is 0 Å². The molecule has 0 amide bonds. The van der Waals surface area contributed by atoms with Crippen molar-refractivity contribution >= 4 is 29.5 Å². The van der Waals surface area contributed by atoms with Crippen LogP contribution < -0.4 is 0 Å². The van der Waals surface area contributed by atoms with Crippen LogP contribution in [0.2, 0.25) is 0 Å². The van der Waals surface area contributed by atoms with Gasteiger partial charge in [-0.1, -0.05) is 67.1 Å². The zero-order valence-electron chi connectivity index (χ0n) is 20.6. The van der Waals surface area contributed by atoms with Crippen LogP contribution in [0.5, 0.6) is 0 Å². The lowest BCUT2D eigenvalue weighted by Gasteiger charge is -2.16. The third-order valence-electron chi connectivity index (χ3n) is 3.54. The number of aliphatic carboxylic acids is 1. The lowest BCUT2D eigenvalue weighted by molar-refractivity contribution is -0.137. The molecule has 0 fully saturated rings. The van der Waals surface area contributed by atoms with E-state index in [-0.39, 0.29) is 11.7 Å². The molecule has 4 heteroatoms. The van der Waals surface area contributed by atoms with Crippen LogP contribution in [-0.4, -0.2) is 22.1 Å². The van der Waals surface area contributed by atoms with Gasteiger partial charge in [0.05, 0.1) is 0 Å². The minimum Gasteiger partial charge on any atom is -0.481 e. The van der Waals surface area contributed by atoms with Crippen molar-refractivity contribution in [3.8, 4) is 0 Å². The minimum atomic E-state index is -1.88. The van der Waals surface area contributed by atoms with Gasteiger partial charge in [0.15, 0.2) is 0 Å². The Balaban J connectivity index is 2.06. The summed E-state index contributed by atoms with van der Waals surface area (Å²) in [6, 6.07) is 17.6. The summed E-state index contributed by atoms with van der Waals surface area (Å²) >= 11 is 2.23. The van der Waals surface area contributed by atoms with Gasteiger partial charge in [-0.2, -0.15) is 23.5 Å². The lowest BCUT2D eigenvalue weighted by Crippen LogP contribution is -2.06. The first-order valence-electron chi connectivity index (χ1n) is 11.6. The number of carboxylic acid groups (broad SMARTS) is 1. The highest BCUT2D eigenvalue weighted by atomic mass is 32.2. The van der Waals surface area contributed by atoms with Crippen molar-refractivity contribution in [3.05, 3.63) is 71.8 Å². The van der Waals surface area contributed by atoms with E-state index in [0.29, 0.717) is 29.7 Å². The molecule has 0 aliphatic rings. The Kier molecular flexibility index (Phi) is 6.80. The second-order valence-electron chi connectivity index (χ2n) is 5.67. The van der Waals surface area contributed by atoms with Gasteiger partial charge in [-0.25, -0.2) is 0 Å². The molecule has 2 aromatic carbocycles. The Morgan fingerprint density at radius 2 is 1.58 bits per heavy atom. The molecule has 0 radical (unpaired) electrons. The fourth-order valence-electron chi connectivity index (χ4n) is 2.21. The van der Waals surface area contributed by atoms with Gasteiger partial charge in [0, 0.05) is 31.3 Å². The molecule has 0 saturated heterocycles. The van der Waals surface area contributed by atoms with E-state index in [2.05, 4.69) is 0 Å². The SMILES string of the molecule is [2H]C([2H])(CCC(CCSC([2H])([2H])c1ccccc1)SC([2H])([2H])c1ccccc1)CC(=O)O. The lowest BCUT2D eigenvalue weighted by atomic mass is 10.1. The maximum Gasteiger partial charge on any atom is 0.303 e. The Bertz CT molecular complexity index is 850. The predicted octanol–water partition coefficient (Wildman–Crippen LogP) is 6.26. The summed E-state index contributed by atoms with van der Waals surface area (Å²) in [5.74, 6) is -0.780. The standard InChI is InChI=1S/C22H28O2S2/c23-22(24)14-8-7-13-21(26-18-20-11-5-2-6-12-20)15-16-25-17-19-9-3-1-4-10-19/h1-6,9-12,21H,7-8,13-18H2,(H,23,24)/i8D2,17D2,18D2. The van der Waals surface area contributed by atoms with E-state index in [1.54, 1.807) is 48.5 Å². The Hall–Kier alpha value is -1.39. The highest BCUT2D eigenvalue weighted by Crippen LogP contribution is 2.27. The zero-order valence-corrected chi connectivity index (χ0v) is 16.2. The van der Waals surface area contributed by atoms with Gasteiger partial charge in [0.25, 0.3) is 0 Å². The molecular weight excluding hydrogens is 360 g/mol. The number of rotatable bonds is 13. The van der Waals surface area contributed by atoms with Crippen LogP contribution in [0.25, 0.3) is 0 Å². The molecule has 0 aliphatic heterocycles. The summed E-state index contributed by atoms with van der Waals surface area (Å²) in [5, 5.41) is 8.64. The number of hydrogen-bond acceptors (Lipinski definition) is 3. The third-order valence-corrected chi connectivity index (χ3v) is 5.52. The molecule has 2 nitrogen and oxygen atoms in total. The summed E-state index contributed by atoms with van der Waals surface area (Å²) in [4.78, 5) is 10.9. The maximum atomic E-state index is 10.9. The molecule has 1 unspecified atom stereocenters. The molecule has 0 bridgehead atoms. The van der Waals surface area contributed by atoms with Gasteiger partial charge in [-0.05, 0) is 36.1 Å². The fraction of sp³-hybridized carbons (Fsp3) is 0.409. The molecule has 2 aromatic rings. The Morgan fingerprint density at radius 1 is 0.962 bits per heavy atom. The topological polar surface area (TPSA) is 37.3 Å². The number of carbonyl (C=O) groups is 1. The summed E-state index contributed by atoms with van der Waals surface area (Å²) in [5.41, 5.74) is -2.22. The second kappa shape index (κ2) is 12.9. The minimum absolute atomic E-state index is 0.00190. The van der Waals surface area contributed by atoms with Gasteiger partial charge in [0.1, 0.15) is 0 Å². The number of thioether (sulfide) groups is 2. The number of benzene rings is 2. The normalized spacial score (nSPS) is 17.1. The molecule has 0 aromatic heterocycles. The van der Waals surface area contributed by atoms with E-state index in [9.17, 15) is 4.79 Å². The summed E-state index contributed by atoms with van der Waals surface area (Å²) in [7, 11) is 0. The van der Waals surface area contributed by atoms with Crippen LogP contribution in [0.15, 0.2) is 60.7 Å². The summed E-state index contributed by atoms with van der Waals surface area (Å²) < 4.78 is 49.6. The molecular formula is C22H28O2S2. The van der Waals surface area contributed by atoms with Gasteiger partial charge in [0.2, 0.25) is 0 Å². The first kappa shape index (κ1) is 13.7. The van der Waals surface area contributed by atoms with Crippen molar-refractivity contribution < 1.29 is 18.1 Å². The van der Waals surface area contributed by atoms with Crippen LogP contribution in [0.1, 0.15) is 51.4 Å². The van der Waals surface area contributed by atoms with E-state index >= 15 is 0 Å². The first-order valence-corrected chi connectivity index (χ1v) is 10.4. The molecule has 2 rings (SSSR count). The van der Waals surface area contributed by atoms with Gasteiger partial charge >= 0.3 is 5.97 Å². The van der Waals surface area contributed by atoms with Gasteiger partial charge in [-0.3, -0.25) is 4.79 Å². The van der Waals surface area contributed by atoms with Crippen LogP contribution in [0.4, 0.5) is 0 Å². The maximum absolute atomic E-state index is 10.9. The molecule has 0 aliphatic carbocycles. The Morgan fingerprint density at radius 3 is 2.19 bits per heavy atom. The highest BCUT2D eigenvalue weighted by Gasteiger charge is 2.10. The van der Waals surface area contributed by atoms with E-state index in [0.717, 1.165) is 23.5 Å². The van der Waals surface area contributed by atoms with Crippen molar-refractivity contribution in [3.63, 3.8) is 0 Å². The summed E-state index contributed by atoms with van der Waals surface area (Å²) in [6.07, 6.45) is -1.71. The van der Waals surface area contributed by atoms with Crippen molar-refractivity contribution in [2.24, 2.45) is 0 Å². The Labute approximate surface area is 174 Å². The highest BCUT2D eigenvalue weighted by molar-refractivity contribution is 7.99. The van der Waals surface area contributed by atoms with E-state index in [1.165, 1.54) is 0 Å². The van der Waals surface area contributed by atoms with Gasteiger partial charge < -0.3 is 5.11 Å². The molecule has 0 heterocycles. The quantitative estimate of drug-likeness (QED) is 0.435. The third kappa shape index (κ3) is 9.35. The largest absolute Gasteiger partial charge is 0.481 e. The molecule has 140 valence electrons. The van der Waals surface area contributed by atoms with E-state index in [1.807, 2.05) is 12.1 Å². The molecule has 0 saturated carbocycles. The van der Waals surface area contributed by atoms with E-state index < -0.39 is 30.2 Å².